The summed E-state index contributed by atoms with van der Waals surface area (Å²) in [7, 11) is 0. The smallest absolute Gasteiger partial charge is 0.278 e. The van der Waals surface area contributed by atoms with Crippen LogP contribution in [0, 0.1) is 11.3 Å². The van der Waals surface area contributed by atoms with E-state index < -0.39 is 0 Å². The molecule has 0 bridgehead atoms. The number of benzene rings is 1. The SMILES string of the molecule is C[C@H](C#N)Sc1nnc(-c2ccccc2Br)o1. The molecule has 1 aromatic heterocycles. The topological polar surface area (TPSA) is 62.7 Å². The molecule has 0 unspecified atom stereocenters. The molecule has 0 aliphatic heterocycles. The van der Waals surface area contributed by atoms with Crippen LogP contribution in [0.15, 0.2) is 38.4 Å². The van der Waals surface area contributed by atoms with Gasteiger partial charge in [0.1, 0.15) is 0 Å². The van der Waals surface area contributed by atoms with E-state index in [1.54, 1.807) is 6.92 Å². The van der Waals surface area contributed by atoms with Gasteiger partial charge >= 0.3 is 0 Å². The fourth-order valence-electron chi connectivity index (χ4n) is 1.18. The van der Waals surface area contributed by atoms with Crippen LogP contribution >= 0.6 is 27.7 Å². The number of rotatable bonds is 3. The van der Waals surface area contributed by atoms with E-state index in [0.29, 0.717) is 11.1 Å². The maximum atomic E-state index is 8.70. The Balaban J connectivity index is 2.25. The van der Waals surface area contributed by atoms with Crippen LogP contribution in [-0.4, -0.2) is 15.4 Å². The van der Waals surface area contributed by atoms with Crippen molar-refractivity contribution in [1.82, 2.24) is 10.2 Å². The van der Waals surface area contributed by atoms with Crippen LogP contribution in [-0.2, 0) is 0 Å². The molecule has 2 rings (SSSR count). The molecule has 1 heterocycles. The number of nitriles is 1. The fourth-order valence-corrected chi connectivity index (χ4v) is 2.20. The summed E-state index contributed by atoms with van der Waals surface area (Å²) in [6.45, 7) is 1.78. The average molecular weight is 310 g/mol. The van der Waals surface area contributed by atoms with Gasteiger partial charge in [-0.25, -0.2) is 0 Å². The van der Waals surface area contributed by atoms with Crippen molar-refractivity contribution in [2.24, 2.45) is 0 Å². The van der Waals surface area contributed by atoms with Crippen molar-refractivity contribution in [3.8, 4) is 17.5 Å². The summed E-state index contributed by atoms with van der Waals surface area (Å²) >= 11 is 4.67. The Morgan fingerprint density at radius 1 is 1.41 bits per heavy atom. The van der Waals surface area contributed by atoms with Crippen LogP contribution in [0.1, 0.15) is 6.92 Å². The second-order valence-electron chi connectivity index (χ2n) is 3.24. The van der Waals surface area contributed by atoms with Crippen LogP contribution in [0.3, 0.4) is 0 Å². The van der Waals surface area contributed by atoms with E-state index in [-0.39, 0.29) is 5.25 Å². The van der Waals surface area contributed by atoms with Gasteiger partial charge in [-0.3, -0.25) is 0 Å². The van der Waals surface area contributed by atoms with Crippen molar-refractivity contribution in [3.05, 3.63) is 28.7 Å². The second-order valence-corrected chi connectivity index (χ2v) is 5.39. The van der Waals surface area contributed by atoms with Crippen molar-refractivity contribution in [2.75, 3.05) is 0 Å². The van der Waals surface area contributed by atoms with E-state index in [1.165, 1.54) is 11.8 Å². The van der Waals surface area contributed by atoms with Crippen molar-refractivity contribution in [3.63, 3.8) is 0 Å². The summed E-state index contributed by atoms with van der Waals surface area (Å²) in [5, 5.41) is 16.8. The molecule has 1 atom stereocenters. The molecule has 4 nitrogen and oxygen atoms in total. The summed E-state index contributed by atoms with van der Waals surface area (Å²) in [4.78, 5) is 0. The van der Waals surface area contributed by atoms with Crippen LogP contribution in [0.25, 0.3) is 11.5 Å². The number of halogens is 1. The average Bonchev–Trinajstić information content (AvgIpc) is 2.78. The molecule has 0 N–H and O–H groups in total. The molecule has 6 heteroatoms. The van der Waals surface area contributed by atoms with Gasteiger partial charge in [0.15, 0.2) is 0 Å². The number of hydrogen-bond acceptors (Lipinski definition) is 5. The van der Waals surface area contributed by atoms with Crippen molar-refractivity contribution >= 4 is 27.7 Å². The van der Waals surface area contributed by atoms with Gasteiger partial charge < -0.3 is 4.42 Å². The standard InChI is InChI=1S/C11H8BrN3OS/c1-7(6-13)17-11-15-14-10(16-11)8-4-2-3-5-9(8)12/h2-5,7H,1H3/t7-/m1/s1. The van der Waals surface area contributed by atoms with Gasteiger partial charge in [-0.05, 0) is 46.7 Å². The zero-order chi connectivity index (χ0) is 12.3. The molecule has 0 radical (unpaired) electrons. The molecule has 0 saturated heterocycles. The number of thioether (sulfide) groups is 1. The van der Waals surface area contributed by atoms with Gasteiger partial charge in [0.25, 0.3) is 5.22 Å². The highest BCUT2D eigenvalue weighted by atomic mass is 79.9. The predicted octanol–water partition coefficient (Wildman–Crippen LogP) is 3.50. The zero-order valence-electron chi connectivity index (χ0n) is 8.92. The van der Waals surface area contributed by atoms with Gasteiger partial charge in [-0.15, -0.1) is 10.2 Å². The lowest BCUT2D eigenvalue weighted by Gasteiger charge is -1.97. The summed E-state index contributed by atoms with van der Waals surface area (Å²) in [5.41, 5.74) is 0.844. The second kappa shape index (κ2) is 5.34. The highest BCUT2D eigenvalue weighted by Crippen LogP contribution is 2.29. The third kappa shape index (κ3) is 2.87. The quantitative estimate of drug-likeness (QED) is 0.812. The minimum Gasteiger partial charge on any atom is -0.411 e. The molecule has 2 aromatic rings. The first-order valence-corrected chi connectivity index (χ1v) is 6.52. The Labute approximate surface area is 111 Å². The normalized spacial score (nSPS) is 12.1. The maximum Gasteiger partial charge on any atom is 0.278 e. The monoisotopic (exact) mass is 309 g/mol. The molecule has 1 aromatic carbocycles. The molecule has 0 aliphatic carbocycles. The van der Waals surface area contributed by atoms with E-state index in [9.17, 15) is 0 Å². The highest BCUT2D eigenvalue weighted by molar-refractivity contribution is 9.10. The fraction of sp³-hybridized carbons (Fsp3) is 0.182. The van der Waals surface area contributed by atoms with E-state index in [0.717, 1.165) is 10.0 Å². The minimum atomic E-state index is -0.206. The number of aromatic nitrogens is 2. The summed E-state index contributed by atoms with van der Waals surface area (Å²) in [6, 6.07) is 9.71. The van der Waals surface area contributed by atoms with Crippen molar-refractivity contribution < 1.29 is 4.42 Å². The van der Waals surface area contributed by atoms with Crippen molar-refractivity contribution in [1.29, 1.82) is 5.26 Å². The van der Waals surface area contributed by atoms with Crippen LogP contribution in [0.5, 0.6) is 0 Å². The van der Waals surface area contributed by atoms with E-state index in [2.05, 4.69) is 32.2 Å². The predicted molar refractivity (Wildman–Crippen MR) is 68.4 cm³/mol. The Hall–Kier alpha value is -1.32. The Morgan fingerprint density at radius 2 is 2.18 bits per heavy atom. The molecule has 86 valence electrons. The molecule has 0 fully saturated rings. The summed E-state index contributed by atoms with van der Waals surface area (Å²) < 4.78 is 6.38. The minimum absolute atomic E-state index is 0.206. The zero-order valence-corrected chi connectivity index (χ0v) is 11.3. The molecule has 0 aliphatic rings. The molecule has 17 heavy (non-hydrogen) atoms. The third-order valence-electron chi connectivity index (χ3n) is 1.97. The van der Waals surface area contributed by atoms with E-state index in [1.807, 2.05) is 24.3 Å². The molecule has 0 amide bonds. The molecular formula is C11H8BrN3OS. The Morgan fingerprint density at radius 3 is 2.88 bits per heavy atom. The lowest BCUT2D eigenvalue weighted by molar-refractivity contribution is 0.465. The van der Waals surface area contributed by atoms with E-state index >= 15 is 0 Å². The van der Waals surface area contributed by atoms with Crippen molar-refractivity contribution in [2.45, 2.75) is 17.4 Å². The van der Waals surface area contributed by atoms with Gasteiger partial charge in [-0.1, -0.05) is 12.1 Å². The summed E-state index contributed by atoms with van der Waals surface area (Å²) in [6.07, 6.45) is 0. The highest BCUT2D eigenvalue weighted by Gasteiger charge is 2.13. The number of nitrogens with zero attached hydrogens (tertiary/aromatic N) is 3. The Bertz CT molecular complexity index is 564. The summed E-state index contributed by atoms with van der Waals surface area (Å²) in [5.74, 6) is 0.449. The lowest BCUT2D eigenvalue weighted by atomic mass is 10.2. The van der Waals surface area contributed by atoms with Gasteiger partial charge in [0.05, 0.1) is 16.9 Å². The molecular weight excluding hydrogens is 302 g/mol. The molecule has 0 spiro atoms. The van der Waals surface area contributed by atoms with Gasteiger partial charge in [-0.2, -0.15) is 5.26 Å². The third-order valence-corrected chi connectivity index (χ3v) is 3.49. The Kier molecular flexibility index (Phi) is 3.82. The van der Waals surface area contributed by atoms with Gasteiger partial charge in [0.2, 0.25) is 5.89 Å². The lowest BCUT2D eigenvalue weighted by Crippen LogP contribution is -1.88. The first-order valence-electron chi connectivity index (χ1n) is 4.85. The first kappa shape index (κ1) is 12.1. The van der Waals surface area contributed by atoms with E-state index in [4.69, 9.17) is 9.68 Å². The largest absolute Gasteiger partial charge is 0.411 e. The first-order chi connectivity index (χ1) is 8.20. The molecule has 0 saturated carbocycles. The number of hydrogen-bond donors (Lipinski definition) is 0. The van der Waals surface area contributed by atoms with Gasteiger partial charge in [0, 0.05) is 4.47 Å². The van der Waals surface area contributed by atoms with Crippen LogP contribution in [0.4, 0.5) is 0 Å². The maximum absolute atomic E-state index is 8.70. The van der Waals surface area contributed by atoms with Crippen LogP contribution < -0.4 is 0 Å². The van der Waals surface area contributed by atoms with Crippen LogP contribution in [0.2, 0.25) is 0 Å².